The molecule has 6 aromatic rings. The van der Waals surface area contributed by atoms with Crippen LogP contribution in [-0.4, -0.2) is 149 Å². The highest BCUT2D eigenvalue weighted by molar-refractivity contribution is 7.48. The molecule has 0 unspecified atom stereocenters. The van der Waals surface area contributed by atoms with Gasteiger partial charge in [-0.15, -0.1) is 0 Å². The summed E-state index contributed by atoms with van der Waals surface area (Å²) in [5, 5.41) is 98.5. The van der Waals surface area contributed by atoms with Gasteiger partial charge in [0.2, 0.25) is 0 Å². The van der Waals surface area contributed by atoms with Crippen molar-refractivity contribution in [2.75, 3.05) is 19.8 Å². The van der Waals surface area contributed by atoms with Gasteiger partial charge in [-0.3, -0.25) is 87.0 Å². The van der Waals surface area contributed by atoms with Crippen LogP contribution in [0.25, 0.3) is 32.7 Å². The first-order valence-corrected chi connectivity index (χ1v) is 24.3. The van der Waals surface area contributed by atoms with Crippen LogP contribution >= 0.6 is 42.6 Å². The number of nitrogens with one attached hydrogen (secondary N) is 3. The lowest BCUT2D eigenvalue weighted by molar-refractivity contribution is -0.384. The molecule has 6 heterocycles. The Morgan fingerprint density at radius 1 is 0.481 bits per heavy atom. The van der Waals surface area contributed by atoms with Crippen molar-refractivity contribution in [1.82, 2.24) is 28.7 Å². The van der Waals surface area contributed by atoms with Crippen molar-refractivity contribution in [3.05, 3.63) is 144 Å². The number of hydrogen-bond donors (Lipinski definition) is 9. The zero-order valence-electron chi connectivity index (χ0n) is 37.7. The Kier molecular flexibility index (Phi) is 14.7. The summed E-state index contributed by atoms with van der Waals surface area (Å²) >= 11 is 18.2. The second kappa shape index (κ2) is 20.6. The minimum atomic E-state index is -5.43. The summed E-state index contributed by atoms with van der Waals surface area (Å²) in [6.07, 6.45) is -24.1. The number of aliphatic hydroxyl groups is 6. The third-order valence-corrected chi connectivity index (χ3v) is 14.9. The fraction of sp³-hybridized carbons (Fsp3) is 0.385. The number of hydrogen-bond acceptors (Lipinski definition) is 25. The molecule has 9 rings (SSSR count). The smallest absolute Gasteiger partial charge is 0.387 e. The van der Waals surface area contributed by atoms with E-state index in [0.29, 0.717) is 13.7 Å². The summed E-state index contributed by atoms with van der Waals surface area (Å²) in [6, 6.07) is 4.69. The predicted octanol–water partition coefficient (Wildman–Crippen LogP) is -1.20. The molecule has 0 amide bonds. The van der Waals surface area contributed by atoms with Gasteiger partial charge < -0.3 is 44.8 Å². The Morgan fingerprint density at radius 3 is 0.961 bits per heavy atom. The van der Waals surface area contributed by atoms with Gasteiger partial charge in [-0.05, 0) is 18.2 Å². The van der Waals surface area contributed by atoms with Crippen LogP contribution in [0.15, 0.2) is 65.2 Å². The highest BCUT2D eigenvalue weighted by Crippen LogP contribution is 2.52. The number of aliphatic hydroxyl groups excluding tert-OH is 6. The molecule has 3 aliphatic heterocycles. The van der Waals surface area contributed by atoms with Gasteiger partial charge in [0.15, 0.2) is 18.7 Å². The van der Waals surface area contributed by atoms with E-state index < -0.39 is 215 Å². The van der Waals surface area contributed by atoms with Gasteiger partial charge in [-0.25, -0.2) is 18.9 Å². The van der Waals surface area contributed by atoms with Crippen LogP contribution in [-0.2, 0) is 32.3 Å². The number of ether oxygens (including phenoxy) is 3. The number of aromatic amines is 3. The second-order valence-corrected chi connectivity index (χ2v) is 20.0. The quantitative estimate of drug-likeness (QED) is 0.0331. The summed E-state index contributed by atoms with van der Waals surface area (Å²) in [6.45, 7) is -3.49. The average Bonchev–Trinajstić information content (AvgIpc) is 4.08. The first kappa shape index (κ1) is 55.1. The van der Waals surface area contributed by atoms with Crippen molar-refractivity contribution < 1.29 is 77.8 Å². The molecule has 3 fully saturated rings. The number of phosphoric acid groups is 1. The molecule has 9 N–H and O–H groups in total. The van der Waals surface area contributed by atoms with Crippen molar-refractivity contribution in [2.45, 2.75) is 73.6 Å². The standard InChI is InChI=1S/C39H33Cl3N9O25P/c40-13-4-16-10(1-19(13)49(64)65)31(58)43-37(61)46(16)34-28(55)25(52)22(74-34)7-71-77(70,72-8-23-26(53)29(56)35(75-23)47-17-5-14(41)20(50(66)67)2-11(17)32(59)44-38(47)62)73-9-24-27(54)30(57)36(76-24)48-18-6-15(42)21(51(68)69)3-12(18)33(60)45-39(48)63/h1-6,22-30,34-36,52-57H,7-9H2,(H,43,58,61)(H,44,59,62)(H,45,60,63)/t22-,23-,24-,25-,26-,27-,28-,29-,30-,34-,35-,36-/m1/s1. The van der Waals surface area contributed by atoms with Crippen LogP contribution in [0.1, 0.15) is 18.7 Å². The molecule has 3 saturated heterocycles. The Bertz CT molecular complexity index is 3510. The van der Waals surface area contributed by atoms with E-state index in [2.05, 4.69) is 0 Å². The molecule has 38 heteroatoms. The van der Waals surface area contributed by atoms with Crippen LogP contribution in [0, 0.1) is 30.3 Å². The van der Waals surface area contributed by atoms with Gasteiger partial charge in [-0.2, -0.15) is 0 Å². The van der Waals surface area contributed by atoms with E-state index in [0.717, 1.165) is 36.4 Å². The van der Waals surface area contributed by atoms with Crippen molar-refractivity contribution in [2.24, 2.45) is 0 Å². The predicted molar refractivity (Wildman–Crippen MR) is 255 cm³/mol. The van der Waals surface area contributed by atoms with E-state index in [-0.39, 0.29) is 0 Å². The molecule has 0 radical (unpaired) electrons. The number of benzene rings is 3. The molecule has 410 valence electrons. The highest BCUT2D eigenvalue weighted by atomic mass is 35.5. The third-order valence-electron chi connectivity index (χ3n) is 12.6. The number of nitro benzene ring substituents is 3. The lowest BCUT2D eigenvalue weighted by atomic mass is 10.1. The first-order valence-electron chi connectivity index (χ1n) is 21.7. The number of H-pyrrole nitrogens is 3. The molecule has 12 atom stereocenters. The van der Waals surface area contributed by atoms with E-state index in [1.807, 2.05) is 15.0 Å². The maximum absolute atomic E-state index is 14.7. The molecule has 0 saturated carbocycles. The summed E-state index contributed by atoms with van der Waals surface area (Å²) in [7, 11) is -5.43. The minimum absolute atomic E-state index is 0.432. The Morgan fingerprint density at radius 2 is 0.727 bits per heavy atom. The van der Waals surface area contributed by atoms with Crippen molar-refractivity contribution >= 4 is 92.4 Å². The van der Waals surface area contributed by atoms with E-state index in [1.54, 1.807) is 0 Å². The van der Waals surface area contributed by atoms with E-state index in [4.69, 9.17) is 62.6 Å². The summed E-state index contributed by atoms with van der Waals surface area (Å²) in [5.41, 5.74) is -10.8. The molecule has 77 heavy (non-hydrogen) atoms. The summed E-state index contributed by atoms with van der Waals surface area (Å²) in [4.78, 5) is 115. The number of fused-ring (bicyclic) bond motifs is 3. The van der Waals surface area contributed by atoms with Crippen LogP contribution in [0.4, 0.5) is 17.1 Å². The normalized spacial score (nSPS) is 26.6. The van der Waals surface area contributed by atoms with Crippen LogP contribution in [0.5, 0.6) is 0 Å². The number of aromatic nitrogens is 6. The molecule has 0 aliphatic carbocycles. The molecule has 3 aliphatic rings. The van der Waals surface area contributed by atoms with Gasteiger partial charge >= 0.3 is 24.9 Å². The lowest BCUT2D eigenvalue weighted by Gasteiger charge is -2.24. The zero-order chi connectivity index (χ0) is 56.0. The fourth-order valence-electron chi connectivity index (χ4n) is 8.82. The Hall–Kier alpha value is -6.70. The van der Waals surface area contributed by atoms with Gasteiger partial charge in [0.05, 0.1) is 67.3 Å². The first-order chi connectivity index (χ1) is 36.2. The molecule has 3 aromatic carbocycles. The van der Waals surface area contributed by atoms with Gasteiger partial charge in [-0.1, -0.05) is 34.8 Å². The lowest BCUT2D eigenvalue weighted by Crippen LogP contribution is -2.38. The zero-order valence-corrected chi connectivity index (χ0v) is 40.9. The molecule has 0 bridgehead atoms. The van der Waals surface area contributed by atoms with E-state index in [9.17, 15) is 94.3 Å². The van der Waals surface area contributed by atoms with Gasteiger partial charge in [0.25, 0.3) is 33.7 Å². The maximum Gasteiger partial charge on any atom is 0.475 e. The molecular formula is C39H33Cl3N9O25P. The molecule has 3 aromatic heterocycles. The topological polar surface area (TPSA) is 488 Å². The number of nitro groups is 3. The van der Waals surface area contributed by atoms with Crippen LogP contribution in [0.2, 0.25) is 15.1 Å². The van der Waals surface area contributed by atoms with Crippen LogP contribution in [0.3, 0.4) is 0 Å². The molecule has 0 spiro atoms. The van der Waals surface area contributed by atoms with Crippen LogP contribution < -0.4 is 33.7 Å². The maximum atomic E-state index is 14.7. The Balaban J connectivity index is 1.01. The van der Waals surface area contributed by atoms with Gasteiger partial charge in [0, 0.05) is 18.2 Å². The number of nitrogens with zero attached hydrogens (tertiary/aromatic N) is 6. The monoisotopic (exact) mass is 1160 g/mol. The van der Waals surface area contributed by atoms with Crippen molar-refractivity contribution in [1.29, 1.82) is 0 Å². The highest BCUT2D eigenvalue weighted by Gasteiger charge is 2.50. The molecular weight excluding hydrogens is 1130 g/mol. The largest absolute Gasteiger partial charge is 0.475 e. The number of halogens is 3. The van der Waals surface area contributed by atoms with E-state index in [1.165, 1.54) is 0 Å². The average molecular weight is 1170 g/mol. The minimum Gasteiger partial charge on any atom is -0.387 e. The summed E-state index contributed by atoms with van der Waals surface area (Å²) < 4.78 is 50.1. The SMILES string of the molecule is O=c1[nH]c(=O)n([C@@H]2O[C@H](COP(=O)(OC[C@H]3O[C@@H](n4c(=O)[nH]c(=O)c5cc([N+](=O)[O-])c(Cl)cc54)[C@H](O)[C@@H]3O)OC[C@H]3O[C@@H](n4c(=O)[nH]c(=O)c5cc([N+](=O)[O-])c(Cl)cc54)[C@H](O)[C@@H]3O)[C@@H](O)[C@H]2O)c2cc(Cl)c([N+](=O)[O-])cc12. The third kappa shape index (κ3) is 9.76. The second-order valence-electron chi connectivity index (χ2n) is 17.1. The van der Waals surface area contributed by atoms with Crippen molar-refractivity contribution in [3.63, 3.8) is 0 Å². The molecule has 34 nitrogen and oxygen atoms in total. The summed E-state index contributed by atoms with van der Waals surface area (Å²) in [5.74, 6) is 0. The number of rotatable bonds is 15. The van der Waals surface area contributed by atoms with E-state index >= 15 is 0 Å². The fourth-order valence-corrected chi connectivity index (χ4v) is 10.7. The van der Waals surface area contributed by atoms with Gasteiger partial charge in [0.1, 0.15) is 70.0 Å². The Labute approximate surface area is 435 Å². The number of phosphoric ester groups is 1. The van der Waals surface area contributed by atoms with Crippen molar-refractivity contribution in [3.8, 4) is 0 Å².